The van der Waals surface area contributed by atoms with Gasteiger partial charge in [-0.15, -0.1) is 0 Å². The molecule has 2 heterocycles. The third kappa shape index (κ3) is 4.01. The van der Waals surface area contributed by atoms with Crippen molar-refractivity contribution < 1.29 is 19.4 Å². The molecule has 0 saturated carbocycles. The summed E-state index contributed by atoms with van der Waals surface area (Å²) < 4.78 is 7.87. The zero-order chi connectivity index (χ0) is 20.4. The maximum absolute atomic E-state index is 12.5. The van der Waals surface area contributed by atoms with Crippen LogP contribution in [0.3, 0.4) is 0 Å². The van der Waals surface area contributed by atoms with Gasteiger partial charge in [0.15, 0.2) is 0 Å². The number of carboxylic acid groups (broad SMARTS) is 1. The second kappa shape index (κ2) is 8.06. The van der Waals surface area contributed by atoms with Crippen LogP contribution in [0.2, 0.25) is 5.02 Å². The van der Waals surface area contributed by atoms with E-state index in [1.807, 2.05) is 24.3 Å². The van der Waals surface area contributed by atoms with Gasteiger partial charge in [0.1, 0.15) is 12.4 Å². The Bertz CT molecular complexity index is 1060. The van der Waals surface area contributed by atoms with Crippen LogP contribution in [0.25, 0.3) is 11.3 Å². The maximum atomic E-state index is 12.5. The van der Waals surface area contributed by atoms with E-state index in [-0.39, 0.29) is 23.8 Å². The molecule has 2 aromatic carbocycles. The van der Waals surface area contributed by atoms with E-state index in [4.69, 9.17) is 16.3 Å². The summed E-state index contributed by atoms with van der Waals surface area (Å²) in [7, 11) is 0. The van der Waals surface area contributed by atoms with Gasteiger partial charge in [0.05, 0.1) is 35.7 Å². The molecule has 0 fully saturated rings. The van der Waals surface area contributed by atoms with Gasteiger partial charge in [-0.3, -0.25) is 4.79 Å². The summed E-state index contributed by atoms with van der Waals surface area (Å²) in [6, 6.07) is 13.6. The number of benzene rings is 2. The minimum absolute atomic E-state index is 0.0310. The number of hydrogen-bond acceptors (Lipinski definition) is 4. The predicted octanol–water partition coefficient (Wildman–Crippen LogP) is 3.23. The Hall–Kier alpha value is -3.16. The minimum atomic E-state index is -1.14. The first kappa shape index (κ1) is 19.2. The molecule has 8 heteroatoms. The highest BCUT2D eigenvalue weighted by molar-refractivity contribution is 6.30. The topological polar surface area (TPSA) is 93.4 Å². The van der Waals surface area contributed by atoms with Gasteiger partial charge in [-0.05, 0) is 29.8 Å². The molecule has 3 aromatic rings. The smallest absolute Gasteiger partial charge is 0.336 e. The van der Waals surface area contributed by atoms with Gasteiger partial charge >= 0.3 is 5.97 Å². The molecule has 4 rings (SSSR count). The van der Waals surface area contributed by atoms with Crippen molar-refractivity contribution in [1.29, 1.82) is 0 Å². The van der Waals surface area contributed by atoms with Crippen molar-refractivity contribution >= 4 is 23.5 Å². The average Bonchev–Trinajstić information content (AvgIpc) is 3.16. The fourth-order valence-electron chi connectivity index (χ4n) is 3.33. The third-order valence-corrected chi connectivity index (χ3v) is 5.06. The van der Waals surface area contributed by atoms with E-state index in [0.717, 1.165) is 17.1 Å². The summed E-state index contributed by atoms with van der Waals surface area (Å²) in [6.45, 7) is 1.11. The van der Waals surface area contributed by atoms with Crippen LogP contribution in [0.4, 0.5) is 0 Å². The first-order valence-electron chi connectivity index (χ1n) is 9.05. The molecule has 1 aliphatic rings. The van der Waals surface area contributed by atoms with E-state index in [9.17, 15) is 14.7 Å². The highest BCUT2D eigenvalue weighted by atomic mass is 35.5. The number of nitrogens with one attached hydrogen (secondary N) is 1. The van der Waals surface area contributed by atoms with Crippen LogP contribution in [0.5, 0.6) is 0 Å². The zero-order valence-electron chi connectivity index (χ0n) is 15.3. The number of carbonyl (C=O) groups is 2. The number of carbonyl (C=O) groups excluding carboxylic acids is 1. The number of nitrogens with zero attached hydrogens (tertiary/aromatic N) is 2. The Kier molecular flexibility index (Phi) is 5.33. The summed E-state index contributed by atoms with van der Waals surface area (Å²) in [4.78, 5) is 28.2. The lowest BCUT2D eigenvalue weighted by Gasteiger charge is -2.26. The first-order valence-corrected chi connectivity index (χ1v) is 9.43. The van der Waals surface area contributed by atoms with Crippen molar-refractivity contribution in [3.8, 4) is 11.3 Å². The van der Waals surface area contributed by atoms with Crippen LogP contribution in [-0.2, 0) is 17.9 Å². The van der Waals surface area contributed by atoms with Gasteiger partial charge in [0, 0.05) is 11.6 Å². The molecular formula is C21H18ClN3O4. The maximum Gasteiger partial charge on any atom is 0.336 e. The fraction of sp³-hybridized carbons (Fsp3) is 0.190. The van der Waals surface area contributed by atoms with Crippen LogP contribution in [0, 0.1) is 0 Å². The summed E-state index contributed by atoms with van der Waals surface area (Å²) in [5.74, 6) is -0.768. The molecular weight excluding hydrogens is 394 g/mol. The fourth-order valence-corrected chi connectivity index (χ4v) is 3.45. The van der Waals surface area contributed by atoms with Crippen molar-refractivity contribution in [2.45, 2.75) is 19.3 Å². The van der Waals surface area contributed by atoms with E-state index in [2.05, 4.69) is 14.9 Å². The molecule has 0 saturated heterocycles. The van der Waals surface area contributed by atoms with Gasteiger partial charge in [-0.1, -0.05) is 35.9 Å². The van der Waals surface area contributed by atoms with Crippen LogP contribution >= 0.6 is 11.6 Å². The molecule has 1 aromatic heterocycles. The standard InChI is InChI=1S/C21H18ClN3O4/c22-14-7-5-13(6-8-14)18-10-23-19-12-29-15(11-25(18)19)9-24-20(26)16-3-1-2-4-17(16)21(27)28/h1-8,10,15H,9,11-12H2,(H,24,26)(H,27,28). The van der Waals surface area contributed by atoms with E-state index in [0.29, 0.717) is 18.2 Å². The Morgan fingerprint density at radius 1 is 1.17 bits per heavy atom. The molecule has 1 atom stereocenters. The molecule has 2 N–H and O–H groups in total. The average molecular weight is 412 g/mol. The number of ether oxygens (including phenoxy) is 1. The van der Waals surface area contributed by atoms with Crippen molar-refractivity contribution in [2.24, 2.45) is 0 Å². The molecule has 0 spiro atoms. The number of fused-ring (bicyclic) bond motifs is 1. The quantitative estimate of drug-likeness (QED) is 0.672. The molecule has 29 heavy (non-hydrogen) atoms. The second-order valence-corrected chi connectivity index (χ2v) is 7.11. The predicted molar refractivity (Wildman–Crippen MR) is 107 cm³/mol. The monoisotopic (exact) mass is 411 g/mol. The molecule has 0 aliphatic carbocycles. The van der Waals surface area contributed by atoms with Crippen molar-refractivity contribution in [2.75, 3.05) is 6.54 Å². The van der Waals surface area contributed by atoms with E-state index in [1.165, 1.54) is 12.1 Å². The lowest BCUT2D eigenvalue weighted by molar-refractivity contribution is 0.00374. The summed E-state index contributed by atoms with van der Waals surface area (Å²) in [5.41, 5.74) is 2.04. The summed E-state index contributed by atoms with van der Waals surface area (Å²) >= 11 is 5.97. The van der Waals surface area contributed by atoms with E-state index in [1.54, 1.807) is 18.3 Å². The molecule has 1 aliphatic heterocycles. The molecule has 0 radical (unpaired) electrons. The number of aromatic carboxylic acids is 1. The van der Waals surface area contributed by atoms with Crippen molar-refractivity contribution in [3.63, 3.8) is 0 Å². The number of carboxylic acids is 1. The number of hydrogen-bond donors (Lipinski definition) is 2. The van der Waals surface area contributed by atoms with Gasteiger partial charge in [0.25, 0.3) is 5.91 Å². The minimum Gasteiger partial charge on any atom is -0.478 e. The van der Waals surface area contributed by atoms with Gasteiger partial charge in [-0.25, -0.2) is 9.78 Å². The lowest BCUT2D eigenvalue weighted by Crippen LogP contribution is -2.39. The lowest BCUT2D eigenvalue weighted by atomic mass is 10.1. The van der Waals surface area contributed by atoms with Gasteiger partial charge < -0.3 is 19.7 Å². The molecule has 0 bridgehead atoms. The highest BCUT2D eigenvalue weighted by Gasteiger charge is 2.24. The normalized spacial score (nSPS) is 15.6. The Balaban J connectivity index is 1.46. The van der Waals surface area contributed by atoms with Crippen molar-refractivity contribution in [3.05, 3.63) is 76.7 Å². The number of aromatic nitrogens is 2. The Labute approximate surface area is 171 Å². The largest absolute Gasteiger partial charge is 0.478 e. The van der Waals surface area contributed by atoms with E-state index >= 15 is 0 Å². The number of rotatable bonds is 5. The van der Waals surface area contributed by atoms with E-state index < -0.39 is 11.9 Å². The first-order chi connectivity index (χ1) is 14.0. The van der Waals surface area contributed by atoms with Crippen LogP contribution < -0.4 is 5.32 Å². The molecule has 7 nitrogen and oxygen atoms in total. The second-order valence-electron chi connectivity index (χ2n) is 6.67. The Morgan fingerprint density at radius 2 is 1.90 bits per heavy atom. The summed E-state index contributed by atoms with van der Waals surface area (Å²) in [6.07, 6.45) is 1.54. The van der Waals surface area contributed by atoms with Gasteiger partial charge in [-0.2, -0.15) is 0 Å². The summed E-state index contributed by atoms with van der Waals surface area (Å²) in [5, 5.41) is 12.7. The number of amides is 1. The van der Waals surface area contributed by atoms with Crippen LogP contribution in [0.1, 0.15) is 26.5 Å². The highest BCUT2D eigenvalue weighted by Crippen LogP contribution is 2.26. The molecule has 1 amide bonds. The van der Waals surface area contributed by atoms with Gasteiger partial charge in [0.2, 0.25) is 0 Å². The molecule has 1 unspecified atom stereocenters. The third-order valence-electron chi connectivity index (χ3n) is 4.80. The van der Waals surface area contributed by atoms with Crippen LogP contribution in [0.15, 0.2) is 54.7 Å². The van der Waals surface area contributed by atoms with Crippen molar-refractivity contribution in [1.82, 2.24) is 14.9 Å². The zero-order valence-corrected chi connectivity index (χ0v) is 16.1. The molecule has 148 valence electrons. The Morgan fingerprint density at radius 3 is 2.62 bits per heavy atom. The van der Waals surface area contributed by atoms with Crippen LogP contribution in [-0.4, -0.2) is 39.2 Å². The SMILES string of the molecule is O=C(O)c1ccccc1C(=O)NCC1Cn2c(-c3ccc(Cl)cc3)cnc2CO1. The number of halogens is 1. The number of imidazole rings is 1.